The molecule has 114 valence electrons. The second-order valence-corrected chi connectivity index (χ2v) is 6.62. The molecule has 0 radical (unpaired) electrons. The van der Waals surface area contributed by atoms with E-state index < -0.39 is 0 Å². The van der Waals surface area contributed by atoms with Crippen molar-refractivity contribution < 1.29 is 4.79 Å². The first-order valence-corrected chi connectivity index (χ1v) is 8.05. The van der Waals surface area contributed by atoms with Gasteiger partial charge in [-0.2, -0.15) is 0 Å². The highest BCUT2D eigenvalue weighted by molar-refractivity contribution is 6.30. The highest BCUT2D eigenvalue weighted by Crippen LogP contribution is 2.39. The number of Topliss-reactive ketones (excluding diaryl/α,β-unsaturated/α-hetero) is 1. The van der Waals surface area contributed by atoms with Crippen LogP contribution in [-0.2, 0) is 4.79 Å². The van der Waals surface area contributed by atoms with Gasteiger partial charge in [-0.3, -0.25) is 9.69 Å². The molecule has 2 atom stereocenters. The molecule has 0 amide bonds. The SMILES string of the molecule is CN1C(c2ccc(Cl)cc2)CC(=O)CC1c1ccc(Cl)cc1. The number of ketones is 1. The van der Waals surface area contributed by atoms with Crippen LogP contribution in [0.15, 0.2) is 48.5 Å². The van der Waals surface area contributed by atoms with Crippen molar-refractivity contribution in [1.82, 2.24) is 4.90 Å². The predicted octanol–water partition coefficient (Wildman–Crippen LogP) is 5.07. The first-order valence-electron chi connectivity index (χ1n) is 7.29. The van der Waals surface area contributed by atoms with Crippen LogP contribution in [0.4, 0.5) is 0 Å². The topological polar surface area (TPSA) is 20.3 Å². The van der Waals surface area contributed by atoms with Crippen molar-refractivity contribution in [3.05, 3.63) is 69.7 Å². The van der Waals surface area contributed by atoms with Gasteiger partial charge in [-0.1, -0.05) is 47.5 Å². The monoisotopic (exact) mass is 333 g/mol. The number of piperidine rings is 1. The molecule has 1 fully saturated rings. The number of carbonyl (C=O) groups is 1. The Morgan fingerprint density at radius 1 is 0.818 bits per heavy atom. The summed E-state index contributed by atoms with van der Waals surface area (Å²) in [7, 11) is 2.07. The van der Waals surface area contributed by atoms with E-state index in [-0.39, 0.29) is 17.9 Å². The number of carbonyl (C=O) groups excluding carboxylic acids is 1. The minimum absolute atomic E-state index is 0.0826. The van der Waals surface area contributed by atoms with Crippen molar-refractivity contribution in [2.45, 2.75) is 24.9 Å². The molecular weight excluding hydrogens is 317 g/mol. The summed E-state index contributed by atoms with van der Waals surface area (Å²) in [4.78, 5) is 14.5. The molecule has 0 saturated carbocycles. The fourth-order valence-corrected chi connectivity index (χ4v) is 3.35. The first kappa shape index (κ1) is 15.5. The number of nitrogens with zero attached hydrogens (tertiary/aromatic N) is 1. The Hall–Kier alpha value is -1.35. The molecular formula is C18H17Cl2NO. The zero-order valence-corrected chi connectivity index (χ0v) is 13.8. The number of rotatable bonds is 2. The largest absolute Gasteiger partial charge is 0.300 e. The smallest absolute Gasteiger partial charge is 0.136 e. The summed E-state index contributed by atoms with van der Waals surface area (Å²) in [5.41, 5.74) is 2.25. The Morgan fingerprint density at radius 2 is 1.18 bits per heavy atom. The third-order valence-electron chi connectivity index (χ3n) is 4.33. The van der Waals surface area contributed by atoms with E-state index in [0.717, 1.165) is 11.1 Å². The van der Waals surface area contributed by atoms with Crippen molar-refractivity contribution in [3.8, 4) is 0 Å². The normalized spacial score (nSPS) is 22.8. The van der Waals surface area contributed by atoms with E-state index in [2.05, 4.69) is 11.9 Å². The highest BCUT2D eigenvalue weighted by atomic mass is 35.5. The van der Waals surface area contributed by atoms with Gasteiger partial charge < -0.3 is 0 Å². The van der Waals surface area contributed by atoms with Crippen molar-refractivity contribution >= 4 is 29.0 Å². The maximum atomic E-state index is 12.2. The minimum atomic E-state index is 0.0826. The van der Waals surface area contributed by atoms with Crippen molar-refractivity contribution in [2.75, 3.05) is 7.05 Å². The van der Waals surface area contributed by atoms with Gasteiger partial charge in [-0.15, -0.1) is 0 Å². The van der Waals surface area contributed by atoms with Crippen LogP contribution in [0.5, 0.6) is 0 Å². The van der Waals surface area contributed by atoms with Gasteiger partial charge in [-0.05, 0) is 42.4 Å². The summed E-state index contributed by atoms with van der Waals surface area (Å²) in [6.07, 6.45) is 1.09. The lowest BCUT2D eigenvalue weighted by Gasteiger charge is -2.39. The standard InChI is InChI=1S/C18H17Cl2NO/c1-21-17(12-2-6-14(19)7-3-12)10-16(22)11-18(21)13-4-8-15(20)9-5-13/h2-9,17-18H,10-11H2,1H3. The van der Waals surface area contributed by atoms with E-state index >= 15 is 0 Å². The van der Waals surface area contributed by atoms with Crippen LogP contribution < -0.4 is 0 Å². The van der Waals surface area contributed by atoms with E-state index in [4.69, 9.17) is 23.2 Å². The van der Waals surface area contributed by atoms with Crippen molar-refractivity contribution in [2.24, 2.45) is 0 Å². The van der Waals surface area contributed by atoms with Crippen LogP contribution in [0.3, 0.4) is 0 Å². The summed E-state index contributed by atoms with van der Waals surface area (Å²) in [6.45, 7) is 0. The maximum Gasteiger partial charge on any atom is 0.136 e. The molecule has 0 N–H and O–H groups in total. The molecule has 0 bridgehead atoms. The Balaban J connectivity index is 1.91. The molecule has 1 heterocycles. The Kier molecular flexibility index (Phi) is 4.53. The number of likely N-dealkylation sites (tertiary alicyclic amines) is 1. The second kappa shape index (κ2) is 6.41. The fraction of sp³-hybridized carbons (Fsp3) is 0.278. The average Bonchev–Trinajstić information content (AvgIpc) is 2.51. The van der Waals surface area contributed by atoms with Gasteiger partial charge >= 0.3 is 0 Å². The Morgan fingerprint density at radius 3 is 1.55 bits per heavy atom. The third-order valence-corrected chi connectivity index (χ3v) is 4.84. The molecule has 2 nitrogen and oxygen atoms in total. The van der Waals surface area contributed by atoms with Crippen LogP contribution in [0.2, 0.25) is 10.0 Å². The van der Waals surface area contributed by atoms with E-state index in [1.165, 1.54) is 0 Å². The molecule has 2 aromatic carbocycles. The predicted molar refractivity (Wildman–Crippen MR) is 90.4 cm³/mol. The van der Waals surface area contributed by atoms with Gasteiger partial charge in [-0.25, -0.2) is 0 Å². The maximum absolute atomic E-state index is 12.2. The van der Waals surface area contributed by atoms with Gasteiger partial charge in [0.15, 0.2) is 0 Å². The molecule has 4 heteroatoms. The quantitative estimate of drug-likeness (QED) is 0.764. The fourth-order valence-electron chi connectivity index (χ4n) is 3.10. The van der Waals surface area contributed by atoms with Crippen LogP contribution >= 0.6 is 23.2 Å². The summed E-state index contributed by atoms with van der Waals surface area (Å²) < 4.78 is 0. The van der Waals surface area contributed by atoms with Crippen molar-refractivity contribution in [3.63, 3.8) is 0 Å². The lowest BCUT2D eigenvalue weighted by molar-refractivity contribution is -0.125. The third kappa shape index (κ3) is 3.19. The van der Waals surface area contributed by atoms with Crippen LogP contribution in [-0.4, -0.2) is 17.7 Å². The van der Waals surface area contributed by atoms with Gasteiger partial charge in [0.1, 0.15) is 5.78 Å². The zero-order valence-electron chi connectivity index (χ0n) is 12.3. The molecule has 0 spiro atoms. The zero-order chi connectivity index (χ0) is 15.7. The minimum Gasteiger partial charge on any atom is -0.300 e. The van der Waals surface area contributed by atoms with Crippen molar-refractivity contribution in [1.29, 1.82) is 0 Å². The van der Waals surface area contributed by atoms with Gasteiger partial charge in [0.25, 0.3) is 0 Å². The number of benzene rings is 2. The van der Waals surface area contributed by atoms with E-state index in [1.807, 2.05) is 48.5 Å². The second-order valence-electron chi connectivity index (χ2n) is 5.75. The molecule has 1 aliphatic rings. The summed E-state index contributed by atoms with van der Waals surface area (Å²) in [5, 5.41) is 1.42. The van der Waals surface area contributed by atoms with Gasteiger partial charge in [0.05, 0.1) is 0 Å². The molecule has 3 rings (SSSR count). The molecule has 2 unspecified atom stereocenters. The van der Waals surface area contributed by atoms with E-state index in [1.54, 1.807) is 0 Å². The highest BCUT2D eigenvalue weighted by Gasteiger charge is 2.33. The molecule has 2 aromatic rings. The number of hydrogen-bond donors (Lipinski definition) is 0. The van der Waals surface area contributed by atoms with Crippen LogP contribution in [0, 0.1) is 0 Å². The number of halogens is 2. The lowest BCUT2D eigenvalue weighted by atomic mass is 9.87. The summed E-state index contributed by atoms with van der Waals surface area (Å²) >= 11 is 11.9. The molecule has 0 aromatic heterocycles. The Bertz CT molecular complexity index is 609. The molecule has 1 aliphatic heterocycles. The van der Waals surface area contributed by atoms with E-state index in [0.29, 0.717) is 22.9 Å². The van der Waals surface area contributed by atoms with Crippen LogP contribution in [0.25, 0.3) is 0 Å². The van der Waals surface area contributed by atoms with Gasteiger partial charge in [0, 0.05) is 35.0 Å². The molecule has 1 saturated heterocycles. The van der Waals surface area contributed by atoms with E-state index in [9.17, 15) is 4.79 Å². The lowest BCUT2D eigenvalue weighted by Crippen LogP contribution is -2.37. The summed E-state index contributed by atoms with van der Waals surface area (Å²) in [5.74, 6) is 0.290. The van der Waals surface area contributed by atoms with Gasteiger partial charge in [0.2, 0.25) is 0 Å². The molecule has 0 aliphatic carbocycles. The average molecular weight is 334 g/mol. The summed E-state index contributed by atoms with van der Waals surface area (Å²) in [6, 6.07) is 15.7. The Labute approximate surface area is 140 Å². The molecule has 22 heavy (non-hydrogen) atoms. The van der Waals surface area contributed by atoms with Crippen LogP contribution in [0.1, 0.15) is 36.1 Å². The number of hydrogen-bond acceptors (Lipinski definition) is 2. The first-order chi connectivity index (χ1) is 10.5.